The van der Waals surface area contributed by atoms with Crippen LogP contribution in [0.1, 0.15) is 23.1 Å². The molecule has 0 radical (unpaired) electrons. The fraction of sp³-hybridized carbons (Fsp3) is 0.222. The van der Waals surface area contributed by atoms with E-state index >= 15 is 0 Å². The summed E-state index contributed by atoms with van der Waals surface area (Å²) in [5.41, 5.74) is 6.41. The Morgan fingerprint density at radius 2 is 1.71 bits per heavy atom. The Hall–Kier alpha value is -3.00. The third kappa shape index (κ3) is 6.01. The van der Waals surface area contributed by atoms with Crippen LogP contribution in [0.2, 0.25) is 0 Å². The second-order valence-corrected chi connectivity index (χ2v) is 7.90. The average molecular weight is 457 g/mol. The summed E-state index contributed by atoms with van der Waals surface area (Å²) in [5.74, 6) is 4.43. The van der Waals surface area contributed by atoms with Crippen LogP contribution in [0.15, 0.2) is 46.4 Å². The molecule has 1 fully saturated rings. The van der Waals surface area contributed by atoms with Gasteiger partial charge in [0.2, 0.25) is 10.0 Å². The van der Waals surface area contributed by atoms with E-state index in [-0.39, 0.29) is 5.56 Å². The first kappa shape index (κ1) is 24.3. The van der Waals surface area contributed by atoms with Gasteiger partial charge in [0.05, 0.1) is 5.56 Å². The zero-order chi connectivity index (χ0) is 23.2. The number of hydrazine groups is 1. The van der Waals surface area contributed by atoms with E-state index in [1.165, 1.54) is 43.8 Å². The van der Waals surface area contributed by atoms with Gasteiger partial charge in [0.1, 0.15) is 4.90 Å². The van der Waals surface area contributed by atoms with Gasteiger partial charge in [0.15, 0.2) is 5.84 Å². The molecule has 0 saturated carbocycles. The number of hydrogen-bond donors (Lipinski definition) is 6. The fourth-order valence-electron chi connectivity index (χ4n) is 2.66. The standard InChI is InChI=1S/C15H15F3N6O2S.C3H7N/c16-15(17,18)11-6-5-10(9-3-1-8(7-19)2-4-9)12(14(20)23-24-21)13(11)27(22,25)26;1-2-4-3-1/h1-7,19,24H,21H2,(H2,20,23)(H2,22,25,26);4H,1-3H2. The smallest absolute Gasteiger partial charge is 0.382 e. The number of benzene rings is 2. The largest absolute Gasteiger partial charge is 0.417 e. The molecule has 0 spiro atoms. The summed E-state index contributed by atoms with van der Waals surface area (Å²) in [7, 11) is -4.84. The van der Waals surface area contributed by atoms with Crippen molar-refractivity contribution in [1.82, 2.24) is 10.9 Å². The predicted molar refractivity (Wildman–Crippen MR) is 112 cm³/mol. The number of nitrogens with one attached hydrogen (secondary N) is 3. The fourth-order valence-corrected chi connectivity index (χ4v) is 3.65. The number of hydrogen-bond acceptors (Lipinski definition) is 7. The van der Waals surface area contributed by atoms with Gasteiger partial charge in [-0.2, -0.15) is 13.2 Å². The molecule has 1 heterocycles. The summed E-state index contributed by atoms with van der Waals surface area (Å²) < 4.78 is 64.1. The van der Waals surface area contributed by atoms with Crippen molar-refractivity contribution in [2.75, 3.05) is 13.1 Å². The van der Waals surface area contributed by atoms with Crippen LogP contribution in [0.3, 0.4) is 0 Å². The molecule has 2 aromatic carbocycles. The lowest BCUT2D eigenvalue weighted by Gasteiger charge is -2.19. The Morgan fingerprint density at radius 1 is 1.16 bits per heavy atom. The van der Waals surface area contributed by atoms with Gasteiger partial charge in [-0.15, -0.1) is 5.10 Å². The molecule has 0 aromatic heterocycles. The van der Waals surface area contributed by atoms with Crippen LogP contribution < -0.4 is 27.6 Å². The third-order valence-corrected chi connectivity index (χ3v) is 5.28. The molecule has 31 heavy (non-hydrogen) atoms. The normalized spacial score (nSPS) is 14.2. The number of nitrogens with two attached hydrogens (primary N) is 3. The highest BCUT2D eigenvalue weighted by atomic mass is 32.2. The SMILES string of the molecule is C1CNC1.N=Cc1ccc(-c2ccc(C(F)(F)F)c(S(N)(=O)=O)c2/C(N)=N/NN)cc1. The minimum atomic E-state index is -5.00. The maximum absolute atomic E-state index is 13.4. The second kappa shape index (κ2) is 9.87. The van der Waals surface area contributed by atoms with Crippen LogP contribution in [0.4, 0.5) is 13.2 Å². The van der Waals surface area contributed by atoms with Crippen LogP contribution in [-0.2, 0) is 16.2 Å². The molecule has 2 aromatic rings. The first-order valence-electron chi connectivity index (χ1n) is 8.88. The van der Waals surface area contributed by atoms with Gasteiger partial charge in [-0.25, -0.2) is 24.9 Å². The van der Waals surface area contributed by atoms with Crippen molar-refractivity contribution < 1.29 is 21.6 Å². The summed E-state index contributed by atoms with van der Waals surface area (Å²) in [6, 6.07) is 7.69. The van der Waals surface area contributed by atoms with E-state index in [4.69, 9.17) is 22.1 Å². The van der Waals surface area contributed by atoms with E-state index in [2.05, 4.69) is 10.4 Å². The molecule has 1 aliphatic heterocycles. The van der Waals surface area contributed by atoms with Crippen LogP contribution in [-0.4, -0.2) is 33.6 Å². The highest BCUT2D eigenvalue weighted by Gasteiger charge is 2.39. The number of primary sulfonamides is 1. The molecule has 1 saturated heterocycles. The van der Waals surface area contributed by atoms with Gasteiger partial charge in [0, 0.05) is 11.8 Å². The zero-order valence-electron chi connectivity index (χ0n) is 16.2. The highest BCUT2D eigenvalue weighted by Crippen LogP contribution is 2.39. The van der Waals surface area contributed by atoms with Gasteiger partial charge in [0.25, 0.3) is 0 Å². The summed E-state index contributed by atoms with van der Waals surface area (Å²) in [5, 5.41) is 18.8. The second-order valence-electron chi connectivity index (χ2n) is 6.40. The molecule has 0 atom stereocenters. The van der Waals surface area contributed by atoms with Crippen molar-refractivity contribution >= 4 is 22.1 Å². The maximum atomic E-state index is 13.4. The van der Waals surface area contributed by atoms with Gasteiger partial charge in [-0.05, 0) is 42.3 Å². The Kier molecular flexibility index (Phi) is 7.73. The van der Waals surface area contributed by atoms with E-state index in [1.54, 1.807) is 0 Å². The number of halogens is 3. The van der Waals surface area contributed by atoms with E-state index in [9.17, 15) is 21.6 Å². The van der Waals surface area contributed by atoms with Crippen molar-refractivity contribution in [1.29, 1.82) is 5.41 Å². The molecule has 0 bridgehead atoms. The molecule has 0 unspecified atom stereocenters. The van der Waals surface area contributed by atoms with E-state index in [1.807, 2.05) is 5.53 Å². The Bertz CT molecular complexity index is 1060. The van der Waals surface area contributed by atoms with Crippen LogP contribution in [0.5, 0.6) is 0 Å². The number of rotatable bonds is 5. The third-order valence-electron chi connectivity index (χ3n) is 4.28. The summed E-state index contributed by atoms with van der Waals surface area (Å²) in [4.78, 5) is -1.21. The first-order chi connectivity index (χ1) is 14.5. The molecule has 0 amide bonds. The molecule has 0 aliphatic carbocycles. The lowest BCUT2D eigenvalue weighted by molar-refractivity contribution is -0.139. The van der Waals surface area contributed by atoms with E-state index in [0.29, 0.717) is 17.2 Å². The maximum Gasteiger partial charge on any atom is 0.417 e. The highest BCUT2D eigenvalue weighted by molar-refractivity contribution is 7.89. The van der Waals surface area contributed by atoms with Crippen molar-refractivity contribution in [3.63, 3.8) is 0 Å². The number of alkyl halides is 3. The number of amidine groups is 1. The lowest BCUT2D eigenvalue weighted by atomic mass is 9.95. The molecule has 9 N–H and O–H groups in total. The molecular formula is C18H22F3N7O2S. The molecule has 3 rings (SSSR count). The minimum absolute atomic E-state index is 0.0417. The van der Waals surface area contributed by atoms with Crippen LogP contribution in [0.25, 0.3) is 11.1 Å². The van der Waals surface area contributed by atoms with Crippen molar-refractivity contribution in [2.24, 2.45) is 21.8 Å². The molecular weight excluding hydrogens is 435 g/mol. The van der Waals surface area contributed by atoms with E-state index < -0.39 is 38.1 Å². The summed E-state index contributed by atoms with van der Waals surface area (Å²) in [6.07, 6.45) is -2.54. The zero-order valence-corrected chi connectivity index (χ0v) is 17.0. The monoisotopic (exact) mass is 457 g/mol. The van der Waals surface area contributed by atoms with Gasteiger partial charge in [-0.1, -0.05) is 30.3 Å². The number of nitrogens with zero attached hydrogens (tertiary/aromatic N) is 1. The quantitative estimate of drug-likeness (QED) is 0.170. The van der Waals surface area contributed by atoms with Crippen LogP contribution >= 0.6 is 0 Å². The topological polar surface area (TPSA) is 172 Å². The molecule has 13 heteroatoms. The first-order valence-corrected chi connectivity index (χ1v) is 10.4. The summed E-state index contributed by atoms with van der Waals surface area (Å²) in [6.45, 7) is 2.50. The lowest BCUT2D eigenvalue weighted by Crippen LogP contribution is -2.29. The molecule has 1 aliphatic rings. The van der Waals surface area contributed by atoms with Crippen molar-refractivity contribution in [3.8, 4) is 11.1 Å². The Morgan fingerprint density at radius 3 is 2.10 bits per heavy atom. The Balaban J connectivity index is 0.000000762. The Labute approximate surface area is 177 Å². The van der Waals surface area contributed by atoms with Crippen LogP contribution in [0, 0.1) is 5.41 Å². The van der Waals surface area contributed by atoms with E-state index in [0.717, 1.165) is 12.3 Å². The van der Waals surface area contributed by atoms with Gasteiger partial charge >= 0.3 is 6.18 Å². The number of sulfonamides is 1. The predicted octanol–water partition coefficient (Wildman–Crippen LogP) is 1.08. The van der Waals surface area contributed by atoms with Gasteiger partial charge < -0.3 is 16.5 Å². The van der Waals surface area contributed by atoms with Crippen molar-refractivity contribution in [3.05, 3.63) is 53.1 Å². The number of hydrazone groups is 1. The molecule has 168 valence electrons. The minimum Gasteiger partial charge on any atom is -0.382 e. The molecule has 9 nitrogen and oxygen atoms in total. The van der Waals surface area contributed by atoms with Gasteiger partial charge in [-0.3, -0.25) is 0 Å². The van der Waals surface area contributed by atoms with Crippen molar-refractivity contribution in [2.45, 2.75) is 17.5 Å². The summed E-state index contributed by atoms with van der Waals surface area (Å²) >= 11 is 0. The average Bonchev–Trinajstić information content (AvgIpc) is 2.64.